The molecule has 0 aromatic heterocycles. The molecule has 0 N–H and O–H groups in total. The van der Waals surface area contributed by atoms with E-state index in [4.69, 9.17) is 0 Å². The van der Waals surface area contributed by atoms with E-state index in [-0.39, 0.29) is 0 Å². The molecule has 0 atom stereocenters. The van der Waals surface area contributed by atoms with Crippen molar-refractivity contribution in [3.63, 3.8) is 0 Å². The van der Waals surface area contributed by atoms with E-state index in [1.807, 2.05) is 11.8 Å². The molecule has 2 heteroatoms. The zero-order chi connectivity index (χ0) is 15.8. The van der Waals surface area contributed by atoms with Gasteiger partial charge in [-0.05, 0) is 41.8 Å². The molecule has 0 saturated carbocycles. The van der Waals surface area contributed by atoms with Gasteiger partial charge in [0, 0.05) is 15.5 Å². The zero-order valence-electron chi connectivity index (χ0n) is 13.4. The number of benzene rings is 3. The molecular formula is C21H19NS. The summed E-state index contributed by atoms with van der Waals surface area (Å²) in [7, 11) is 0. The van der Waals surface area contributed by atoms with Crippen molar-refractivity contribution in [3.8, 4) is 0 Å². The minimum Gasteiger partial charge on any atom is -0.308 e. The molecule has 1 nitrogen and oxygen atoms in total. The van der Waals surface area contributed by atoms with Crippen LogP contribution in [0.4, 0.5) is 17.1 Å². The summed E-state index contributed by atoms with van der Waals surface area (Å²) < 4.78 is 0. The Hall–Kier alpha value is -2.19. The van der Waals surface area contributed by atoms with Crippen LogP contribution in [0, 0.1) is 0 Å². The molecule has 114 valence electrons. The normalized spacial score (nSPS) is 12.9. The van der Waals surface area contributed by atoms with Crippen molar-refractivity contribution < 1.29 is 0 Å². The van der Waals surface area contributed by atoms with Gasteiger partial charge in [0.2, 0.25) is 0 Å². The molecule has 0 unspecified atom stereocenters. The first kappa shape index (κ1) is 14.4. The second-order valence-electron chi connectivity index (χ2n) is 6.09. The van der Waals surface area contributed by atoms with Crippen molar-refractivity contribution in [1.82, 2.24) is 0 Å². The first-order valence-electron chi connectivity index (χ1n) is 8.00. The standard InChI is InChI=1S/C21H19NS/c1-15(2)17-11-8-14-20-21(17)22(16-9-4-3-5-10-16)18-12-6-7-13-19(18)23-20/h3-15H,1-2H3. The molecule has 3 aromatic carbocycles. The van der Waals surface area contributed by atoms with Crippen LogP contribution >= 0.6 is 11.8 Å². The lowest BCUT2D eigenvalue weighted by Gasteiger charge is -2.35. The van der Waals surface area contributed by atoms with Crippen molar-refractivity contribution in [3.05, 3.63) is 78.4 Å². The van der Waals surface area contributed by atoms with E-state index < -0.39 is 0 Å². The number of nitrogens with zero attached hydrogens (tertiary/aromatic N) is 1. The van der Waals surface area contributed by atoms with E-state index in [2.05, 4.69) is 91.5 Å². The van der Waals surface area contributed by atoms with Crippen LogP contribution < -0.4 is 4.90 Å². The predicted octanol–water partition coefficient (Wildman–Crippen LogP) is 6.74. The van der Waals surface area contributed by atoms with Gasteiger partial charge in [-0.15, -0.1) is 0 Å². The lowest BCUT2D eigenvalue weighted by atomic mass is 9.99. The largest absolute Gasteiger partial charge is 0.308 e. The third-order valence-corrected chi connectivity index (χ3v) is 5.33. The van der Waals surface area contributed by atoms with Gasteiger partial charge in [-0.3, -0.25) is 0 Å². The molecule has 4 rings (SSSR count). The molecule has 1 aliphatic rings. The van der Waals surface area contributed by atoms with Gasteiger partial charge in [-0.2, -0.15) is 0 Å². The maximum atomic E-state index is 2.41. The fourth-order valence-electron chi connectivity index (χ4n) is 3.14. The van der Waals surface area contributed by atoms with Crippen molar-refractivity contribution >= 4 is 28.8 Å². The van der Waals surface area contributed by atoms with Gasteiger partial charge in [-0.1, -0.05) is 68.1 Å². The molecule has 0 saturated heterocycles. The van der Waals surface area contributed by atoms with E-state index in [9.17, 15) is 0 Å². The van der Waals surface area contributed by atoms with Gasteiger partial charge in [0.05, 0.1) is 11.4 Å². The third kappa shape index (κ3) is 2.43. The minimum absolute atomic E-state index is 0.488. The van der Waals surface area contributed by atoms with E-state index in [0.717, 1.165) is 0 Å². The van der Waals surface area contributed by atoms with Crippen LogP contribution in [0.5, 0.6) is 0 Å². The van der Waals surface area contributed by atoms with Gasteiger partial charge in [0.1, 0.15) is 0 Å². The molecule has 1 aliphatic heterocycles. The molecule has 0 fully saturated rings. The lowest BCUT2D eigenvalue weighted by Crippen LogP contribution is -2.17. The Morgan fingerprint density at radius 3 is 2.22 bits per heavy atom. The fourth-order valence-corrected chi connectivity index (χ4v) is 4.24. The number of hydrogen-bond donors (Lipinski definition) is 0. The number of rotatable bonds is 2. The average molecular weight is 317 g/mol. The second kappa shape index (κ2) is 5.78. The highest BCUT2D eigenvalue weighted by Crippen LogP contribution is 2.53. The highest BCUT2D eigenvalue weighted by atomic mass is 32.2. The van der Waals surface area contributed by atoms with Crippen LogP contribution in [0.25, 0.3) is 0 Å². The Morgan fingerprint density at radius 2 is 1.43 bits per heavy atom. The summed E-state index contributed by atoms with van der Waals surface area (Å²) in [4.78, 5) is 5.06. The Balaban J connectivity index is 2.01. The summed E-state index contributed by atoms with van der Waals surface area (Å²) in [5.74, 6) is 0.488. The number of fused-ring (bicyclic) bond motifs is 2. The fraction of sp³-hybridized carbons (Fsp3) is 0.143. The molecule has 0 radical (unpaired) electrons. The SMILES string of the molecule is CC(C)c1cccc2c1N(c1ccccc1)c1ccccc1S2. The monoisotopic (exact) mass is 317 g/mol. The summed E-state index contributed by atoms with van der Waals surface area (Å²) in [5, 5.41) is 0. The second-order valence-corrected chi connectivity index (χ2v) is 7.17. The predicted molar refractivity (Wildman–Crippen MR) is 99.3 cm³/mol. The van der Waals surface area contributed by atoms with Gasteiger partial charge in [0.25, 0.3) is 0 Å². The first-order valence-corrected chi connectivity index (χ1v) is 8.82. The van der Waals surface area contributed by atoms with Crippen molar-refractivity contribution in [2.24, 2.45) is 0 Å². The lowest BCUT2D eigenvalue weighted by molar-refractivity contribution is 0.858. The molecule has 0 amide bonds. The van der Waals surface area contributed by atoms with Crippen LogP contribution in [0.15, 0.2) is 82.6 Å². The summed E-state index contributed by atoms with van der Waals surface area (Å²) >= 11 is 1.87. The molecule has 23 heavy (non-hydrogen) atoms. The smallest absolute Gasteiger partial charge is 0.0636 e. The number of para-hydroxylation sites is 3. The van der Waals surface area contributed by atoms with Crippen molar-refractivity contribution in [2.75, 3.05) is 4.90 Å². The van der Waals surface area contributed by atoms with Crippen LogP contribution in [0.1, 0.15) is 25.3 Å². The summed E-state index contributed by atoms with van der Waals surface area (Å²) in [5.41, 5.74) is 5.21. The molecule has 0 aliphatic carbocycles. The Kier molecular flexibility index (Phi) is 3.62. The van der Waals surface area contributed by atoms with Crippen molar-refractivity contribution in [2.45, 2.75) is 29.6 Å². The third-order valence-electron chi connectivity index (χ3n) is 4.22. The summed E-state index contributed by atoms with van der Waals surface area (Å²) in [6, 6.07) is 26.0. The van der Waals surface area contributed by atoms with Gasteiger partial charge >= 0.3 is 0 Å². The van der Waals surface area contributed by atoms with Crippen LogP contribution in [0.2, 0.25) is 0 Å². The van der Waals surface area contributed by atoms with Gasteiger partial charge in [0.15, 0.2) is 0 Å². The highest BCUT2D eigenvalue weighted by molar-refractivity contribution is 7.99. The maximum absolute atomic E-state index is 2.41. The van der Waals surface area contributed by atoms with E-state index in [1.165, 1.54) is 32.4 Å². The van der Waals surface area contributed by atoms with Crippen LogP contribution in [0.3, 0.4) is 0 Å². The Labute approximate surface area is 142 Å². The topological polar surface area (TPSA) is 3.24 Å². The van der Waals surface area contributed by atoms with Gasteiger partial charge < -0.3 is 4.90 Å². The molecule has 1 heterocycles. The average Bonchev–Trinajstić information content (AvgIpc) is 2.59. The maximum Gasteiger partial charge on any atom is 0.0636 e. The Bertz CT molecular complexity index is 839. The molecular weight excluding hydrogens is 298 g/mol. The molecule has 0 bridgehead atoms. The molecule has 0 spiro atoms. The van der Waals surface area contributed by atoms with Crippen LogP contribution in [-0.2, 0) is 0 Å². The summed E-state index contributed by atoms with van der Waals surface area (Å²) in [6.45, 7) is 4.54. The molecule has 3 aromatic rings. The van der Waals surface area contributed by atoms with Gasteiger partial charge in [-0.25, -0.2) is 0 Å². The number of anilines is 3. The summed E-state index contributed by atoms with van der Waals surface area (Å²) in [6.07, 6.45) is 0. The first-order chi connectivity index (χ1) is 11.3. The Morgan fingerprint density at radius 1 is 0.739 bits per heavy atom. The van der Waals surface area contributed by atoms with Crippen LogP contribution in [-0.4, -0.2) is 0 Å². The van der Waals surface area contributed by atoms with E-state index in [1.54, 1.807) is 0 Å². The van der Waals surface area contributed by atoms with E-state index >= 15 is 0 Å². The minimum atomic E-state index is 0.488. The zero-order valence-corrected chi connectivity index (χ0v) is 14.2. The highest BCUT2D eigenvalue weighted by Gasteiger charge is 2.27. The number of hydrogen-bond acceptors (Lipinski definition) is 2. The quantitative estimate of drug-likeness (QED) is 0.402. The van der Waals surface area contributed by atoms with Crippen molar-refractivity contribution in [1.29, 1.82) is 0 Å². The van der Waals surface area contributed by atoms with E-state index in [0.29, 0.717) is 5.92 Å².